The van der Waals surface area contributed by atoms with E-state index in [1.165, 1.54) is 18.4 Å². The average Bonchev–Trinajstić information content (AvgIpc) is 2.66. The van der Waals surface area contributed by atoms with E-state index in [0.29, 0.717) is 12.5 Å². The van der Waals surface area contributed by atoms with E-state index in [4.69, 9.17) is 9.52 Å². The highest BCUT2D eigenvalue weighted by molar-refractivity contribution is 5.14. The van der Waals surface area contributed by atoms with Gasteiger partial charge in [-0.3, -0.25) is 4.90 Å². The lowest BCUT2D eigenvalue weighted by atomic mass is 9.95. The Morgan fingerprint density at radius 2 is 2.44 bits per heavy atom. The molecule has 1 N–H and O–H groups in total. The highest BCUT2D eigenvalue weighted by Crippen LogP contribution is 2.22. The second kappa shape index (κ2) is 5.51. The Labute approximate surface area is 97.1 Å². The lowest BCUT2D eigenvalue weighted by Gasteiger charge is -2.31. The maximum absolute atomic E-state index is 8.97. The van der Waals surface area contributed by atoms with Crippen molar-refractivity contribution in [1.82, 2.24) is 4.90 Å². The highest BCUT2D eigenvalue weighted by atomic mass is 16.3. The SMILES string of the molecule is Cc1ccoc1CN1CCCC(CCO)C1. The summed E-state index contributed by atoms with van der Waals surface area (Å²) >= 11 is 0. The summed E-state index contributed by atoms with van der Waals surface area (Å²) in [7, 11) is 0. The van der Waals surface area contributed by atoms with Gasteiger partial charge in [0.1, 0.15) is 5.76 Å². The zero-order chi connectivity index (χ0) is 11.4. The van der Waals surface area contributed by atoms with Crippen molar-refractivity contribution in [2.45, 2.75) is 32.7 Å². The van der Waals surface area contributed by atoms with Gasteiger partial charge in [-0.1, -0.05) is 0 Å². The fourth-order valence-corrected chi connectivity index (χ4v) is 2.48. The van der Waals surface area contributed by atoms with Crippen LogP contribution in [0, 0.1) is 12.8 Å². The zero-order valence-corrected chi connectivity index (χ0v) is 9.98. The number of likely N-dealkylation sites (tertiary alicyclic amines) is 1. The quantitative estimate of drug-likeness (QED) is 0.850. The van der Waals surface area contributed by atoms with E-state index in [1.807, 2.05) is 6.07 Å². The van der Waals surface area contributed by atoms with Gasteiger partial charge in [-0.25, -0.2) is 0 Å². The third kappa shape index (κ3) is 2.86. The molecule has 0 spiro atoms. The Morgan fingerprint density at radius 1 is 1.56 bits per heavy atom. The van der Waals surface area contributed by atoms with Gasteiger partial charge in [0, 0.05) is 13.2 Å². The van der Waals surface area contributed by atoms with E-state index in [9.17, 15) is 0 Å². The first-order valence-corrected chi connectivity index (χ1v) is 6.16. The van der Waals surface area contributed by atoms with Gasteiger partial charge in [0.05, 0.1) is 12.8 Å². The fourth-order valence-electron chi connectivity index (χ4n) is 2.48. The van der Waals surface area contributed by atoms with Gasteiger partial charge in [0.2, 0.25) is 0 Å². The smallest absolute Gasteiger partial charge is 0.120 e. The van der Waals surface area contributed by atoms with Crippen molar-refractivity contribution in [3.05, 3.63) is 23.7 Å². The molecule has 16 heavy (non-hydrogen) atoms. The summed E-state index contributed by atoms with van der Waals surface area (Å²) in [6.07, 6.45) is 5.20. The fraction of sp³-hybridized carbons (Fsp3) is 0.692. The lowest BCUT2D eigenvalue weighted by Crippen LogP contribution is -2.35. The summed E-state index contributed by atoms with van der Waals surface area (Å²) in [6, 6.07) is 2.02. The monoisotopic (exact) mass is 223 g/mol. The third-order valence-electron chi connectivity index (χ3n) is 3.48. The van der Waals surface area contributed by atoms with Gasteiger partial charge in [-0.15, -0.1) is 0 Å². The number of aliphatic hydroxyl groups excluding tert-OH is 1. The predicted molar refractivity (Wildman–Crippen MR) is 63.1 cm³/mol. The number of hydrogen-bond acceptors (Lipinski definition) is 3. The van der Waals surface area contributed by atoms with Crippen LogP contribution in [0.25, 0.3) is 0 Å². The lowest BCUT2D eigenvalue weighted by molar-refractivity contribution is 0.135. The molecule has 2 rings (SSSR count). The minimum atomic E-state index is 0.318. The van der Waals surface area contributed by atoms with E-state index in [-0.39, 0.29) is 0 Å². The van der Waals surface area contributed by atoms with Gasteiger partial charge in [-0.05, 0) is 50.3 Å². The standard InChI is InChI=1S/C13H21NO2/c1-11-5-8-16-13(11)10-14-6-2-3-12(9-14)4-7-15/h5,8,12,15H,2-4,6-7,9-10H2,1H3. The largest absolute Gasteiger partial charge is 0.468 e. The molecular formula is C13H21NO2. The van der Waals surface area contributed by atoms with Crippen molar-refractivity contribution in [1.29, 1.82) is 0 Å². The van der Waals surface area contributed by atoms with Crippen LogP contribution in [0.15, 0.2) is 16.7 Å². The van der Waals surface area contributed by atoms with Crippen LogP contribution in [-0.2, 0) is 6.54 Å². The van der Waals surface area contributed by atoms with Gasteiger partial charge < -0.3 is 9.52 Å². The number of piperidine rings is 1. The normalized spacial score (nSPS) is 22.5. The second-order valence-corrected chi connectivity index (χ2v) is 4.78. The third-order valence-corrected chi connectivity index (χ3v) is 3.48. The summed E-state index contributed by atoms with van der Waals surface area (Å²) in [5.41, 5.74) is 1.24. The zero-order valence-electron chi connectivity index (χ0n) is 9.98. The van der Waals surface area contributed by atoms with Crippen LogP contribution < -0.4 is 0 Å². The Bertz CT molecular complexity index is 319. The van der Waals surface area contributed by atoms with Crippen LogP contribution >= 0.6 is 0 Å². The summed E-state index contributed by atoms with van der Waals surface area (Å²) in [5, 5.41) is 8.97. The van der Waals surface area contributed by atoms with E-state index < -0.39 is 0 Å². The van der Waals surface area contributed by atoms with Crippen molar-refractivity contribution in [2.24, 2.45) is 5.92 Å². The minimum Gasteiger partial charge on any atom is -0.468 e. The first-order valence-electron chi connectivity index (χ1n) is 6.16. The van der Waals surface area contributed by atoms with Gasteiger partial charge in [-0.2, -0.15) is 0 Å². The molecule has 1 aliphatic rings. The molecule has 1 aromatic rings. The van der Waals surface area contributed by atoms with Crippen LogP contribution in [0.5, 0.6) is 0 Å². The van der Waals surface area contributed by atoms with Gasteiger partial charge in [0.15, 0.2) is 0 Å². The summed E-state index contributed by atoms with van der Waals surface area (Å²) in [4.78, 5) is 2.44. The number of nitrogens with zero attached hydrogens (tertiary/aromatic N) is 1. The van der Waals surface area contributed by atoms with Gasteiger partial charge in [0.25, 0.3) is 0 Å². The number of furan rings is 1. The molecule has 90 valence electrons. The molecule has 1 aliphatic heterocycles. The van der Waals surface area contributed by atoms with Crippen LogP contribution in [0.1, 0.15) is 30.6 Å². The number of aliphatic hydroxyl groups is 1. The van der Waals surface area contributed by atoms with Crippen LogP contribution in [-0.4, -0.2) is 29.7 Å². The molecule has 0 radical (unpaired) electrons. The van der Waals surface area contributed by atoms with Gasteiger partial charge >= 0.3 is 0 Å². The molecule has 1 fully saturated rings. The topological polar surface area (TPSA) is 36.6 Å². The molecule has 1 unspecified atom stereocenters. The van der Waals surface area contributed by atoms with E-state index in [2.05, 4.69) is 11.8 Å². The molecule has 0 bridgehead atoms. The number of hydrogen-bond donors (Lipinski definition) is 1. The van der Waals surface area contributed by atoms with Crippen LogP contribution in [0.4, 0.5) is 0 Å². The first kappa shape index (κ1) is 11.7. The maximum Gasteiger partial charge on any atom is 0.120 e. The number of rotatable bonds is 4. The number of aryl methyl sites for hydroxylation is 1. The molecule has 0 aliphatic carbocycles. The van der Waals surface area contributed by atoms with Crippen molar-refractivity contribution in [3.8, 4) is 0 Å². The molecule has 3 heteroatoms. The average molecular weight is 223 g/mol. The molecule has 2 heterocycles. The van der Waals surface area contributed by atoms with E-state index >= 15 is 0 Å². The Balaban J connectivity index is 1.88. The Hall–Kier alpha value is -0.800. The molecule has 0 saturated carbocycles. The molecular weight excluding hydrogens is 202 g/mol. The highest BCUT2D eigenvalue weighted by Gasteiger charge is 2.20. The summed E-state index contributed by atoms with van der Waals surface area (Å²) < 4.78 is 5.47. The molecule has 0 aromatic carbocycles. The van der Waals surface area contributed by atoms with Crippen LogP contribution in [0.2, 0.25) is 0 Å². The van der Waals surface area contributed by atoms with Crippen molar-refractivity contribution < 1.29 is 9.52 Å². The van der Waals surface area contributed by atoms with Crippen LogP contribution in [0.3, 0.4) is 0 Å². The Kier molecular flexibility index (Phi) is 4.02. The first-order chi connectivity index (χ1) is 7.79. The van der Waals surface area contributed by atoms with Crippen molar-refractivity contribution in [3.63, 3.8) is 0 Å². The summed E-state index contributed by atoms with van der Waals surface area (Å²) in [5.74, 6) is 1.75. The molecule has 1 saturated heterocycles. The maximum atomic E-state index is 8.97. The van der Waals surface area contributed by atoms with Crippen molar-refractivity contribution >= 4 is 0 Å². The minimum absolute atomic E-state index is 0.318. The van der Waals surface area contributed by atoms with Crippen molar-refractivity contribution in [2.75, 3.05) is 19.7 Å². The molecule has 1 atom stereocenters. The van der Waals surface area contributed by atoms with E-state index in [1.54, 1.807) is 6.26 Å². The predicted octanol–water partition coefficient (Wildman–Crippen LogP) is 2.18. The molecule has 3 nitrogen and oxygen atoms in total. The second-order valence-electron chi connectivity index (χ2n) is 4.78. The molecule has 1 aromatic heterocycles. The summed E-state index contributed by atoms with van der Waals surface area (Å²) in [6.45, 7) is 5.58. The Morgan fingerprint density at radius 3 is 3.12 bits per heavy atom. The van der Waals surface area contributed by atoms with E-state index in [0.717, 1.165) is 31.8 Å². The molecule has 0 amide bonds.